The number of methoxy groups -OCH3 is 1. The molecular formula is C18H19N2O2+. The minimum Gasteiger partial charge on any atom is -0.502 e. The van der Waals surface area contributed by atoms with E-state index in [4.69, 9.17) is 10.00 Å². The topological polar surface area (TPSA) is 57.1 Å². The molecule has 0 bridgehead atoms. The maximum Gasteiger partial charge on any atom is 0.212 e. The molecule has 1 aliphatic rings. The van der Waals surface area contributed by atoms with E-state index in [-0.39, 0.29) is 11.3 Å². The zero-order valence-corrected chi connectivity index (χ0v) is 12.8. The molecule has 0 radical (unpaired) electrons. The molecule has 112 valence electrons. The van der Waals surface area contributed by atoms with Gasteiger partial charge in [-0.1, -0.05) is 0 Å². The highest BCUT2D eigenvalue weighted by atomic mass is 16.5. The number of hydrogen-bond acceptors (Lipinski definition) is 3. The molecule has 0 saturated carbocycles. The average Bonchev–Trinajstić information content (AvgIpc) is 2.54. The summed E-state index contributed by atoms with van der Waals surface area (Å²) < 4.78 is 7.22. The first-order valence-electron chi connectivity index (χ1n) is 7.40. The van der Waals surface area contributed by atoms with Crippen LogP contribution in [-0.2, 0) is 5.54 Å². The number of fused-ring (bicyclic) bond motifs is 1. The van der Waals surface area contributed by atoms with Gasteiger partial charge < -0.3 is 9.84 Å². The molecule has 4 nitrogen and oxygen atoms in total. The minimum absolute atomic E-state index is 0.218. The lowest BCUT2D eigenvalue weighted by atomic mass is 9.85. The van der Waals surface area contributed by atoms with Crippen molar-refractivity contribution in [2.24, 2.45) is 0 Å². The van der Waals surface area contributed by atoms with Gasteiger partial charge in [0, 0.05) is 29.7 Å². The molecule has 3 rings (SSSR count). The Labute approximate surface area is 129 Å². The lowest BCUT2D eigenvalue weighted by Crippen LogP contribution is -2.53. The fourth-order valence-corrected chi connectivity index (χ4v) is 3.13. The van der Waals surface area contributed by atoms with Crippen molar-refractivity contribution in [3.8, 4) is 17.6 Å². The first-order valence-corrected chi connectivity index (χ1v) is 7.40. The number of ether oxygens (including phenoxy) is 1. The van der Waals surface area contributed by atoms with E-state index in [2.05, 4.69) is 13.0 Å². The molecule has 1 heterocycles. The molecule has 1 aromatic heterocycles. The van der Waals surface area contributed by atoms with Crippen molar-refractivity contribution in [1.82, 2.24) is 0 Å². The Hall–Kier alpha value is -2.54. The predicted molar refractivity (Wildman–Crippen MR) is 83.6 cm³/mol. The first-order chi connectivity index (χ1) is 10.6. The van der Waals surface area contributed by atoms with Crippen LogP contribution in [0.5, 0.6) is 11.5 Å². The summed E-state index contributed by atoms with van der Waals surface area (Å²) in [5.41, 5.74) is 0.533. The van der Waals surface area contributed by atoms with Crippen molar-refractivity contribution < 1.29 is 14.4 Å². The number of nitriles is 1. The summed E-state index contributed by atoms with van der Waals surface area (Å²) in [6.07, 6.45) is 8.53. The number of hydrogen-bond donors (Lipinski definition) is 1. The summed E-state index contributed by atoms with van der Waals surface area (Å²) in [7, 11) is 1.61. The SMILES string of the molecule is COc1ccc2c[n+]([C@@]3(C)C=C(C#N)CCC3)cc(O)c2c1. The van der Waals surface area contributed by atoms with E-state index >= 15 is 0 Å². The standard InChI is InChI=1S/C18H18N2O2/c1-18(7-3-4-13(9-18)10-19)20-11-14-5-6-15(22-2)8-16(14)17(21)12-20/h5-6,8-9,11-12H,3-4,7H2,1-2H3/p+1/t18-/m1/s1. The Morgan fingerprint density at radius 3 is 2.91 bits per heavy atom. The van der Waals surface area contributed by atoms with Gasteiger partial charge in [-0.15, -0.1) is 0 Å². The Bertz CT molecular complexity index is 805. The van der Waals surface area contributed by atoms with E-state index in [1.165, 1.54) is 0 Å². The minimum atomic E-state index is -0.283. The molecule has 1 atom stereocenters. The highest BCUT2D eigenvalue weighted by Gasteiger charge is 2.35. The van der Waals surface area contributed by atoms with Crippen LogP contribution in [0.1, 0.15) is 26.2 Å². The molecule has 0 fully saturated rings. The normalized spacial score (nSPS) is 21.2. The van der Waals surface area contributed by atoms with Gasteiger partial charge in [0.05, 0.1) is 13.2 Å². The summed E-state index contributed by atoms with van der Waals surface area (Å²) >= 11 is 0. The van der Waals surface area contributed by atoms with Gasteiger partial charge in [0.15, 0.2) is 17.5 Å². The van der Waals surface area contributed by atoms with Crippen LogP contribution in [-0.4, -0.2) is 12.2 Å². The number of pyridine rings is 1. The number of aromatic nitrogens is 1. The van der Waals surface area contributed by atoms with Crippen molar-refractivity contribution in [3.63, 3.8) is 0 Å². The lowest BCUT2D eigenvalue weighted by molar-refractivity contribution is -0.749. The average molecular weight is 295 g/mol. The molecule has 1 aromatic carbocycles. The largest absolute Gasteiger partial charge is 0.502 e. The van der Waals surface area contributed by atoms with Crippen LogP contribution in [0.25, 0.3) is 10.8 Å². The highest BCUT2D eigenvalue weighted by molar-refractivity contribution is 5.87. The van der Waals surface area contributed by atoms with Crippen molar-refractivity contribution >= 4 is 10.8 Å². The third-order valence-electron chi connectivity index (χ3n) is 4.42. The van der Waals surface area contributed by atoms with Crippen LogP contribution in [0.15, 0.2) is 42.2 Å². The van der Waals surface area contributed by atoms with E-state index in [9.17, 15) is 5.11 Å². The molecule has 0 saturated heterocycles. The van der Waals surface area contributed by atoms with E-state index in [1.807, 2.05) is 35.0 Å². The lowest BCUT2D eigenvalue weighted by Gasteiger charge is -2.25. The van der Waals surface area contributed by atoms with Crippen molar-refractivity contribution in [2.45, 2.75) is 31.7 Å². The molecule has 0 unspecified atom stereocenters. The Balaban J connectivity index is 2.14. The van der Waals surface area contributed by atoms with Crippen LogP contribution in [0.4, 0.5) is 0 Å². The number of nitrogens with zero attached hydrogens (tertiary/aromatic N) is 2. The van der Waals surface area contributed by atoms with Gasteiger partial charge in [0.25, 0.3) is 0 Å². The Morgan fingerprint density at radius 2 is 2.18 bits per heavy atom. The predicted octanol–water partition coefficient (Wildman–Crippen LogP) is 3.19. The molecule has 1 N–H and O–H groups in total. The van der Waals surface area contributed by atoms with Gasteiger partial charge in [-0.3, -0.25) is 0 Å². The van der Waals surface area contributed by atoms with Gasteiger partial charge in [-0.25, -0.2) is 0 Å². The van der Waals surface area contributed by atoms with Crippen molar-refractivity contribution in [2.75, 3.05) is 7.11 Å². The van der Waals surface area contributed by atoms with Crippen LogP contribution < -0.4 is 9.30 Å². The third-order valence-corrected chi connectivity index (χ3v) is 4.42. The van der Waals surface area contributed by atoms with Gasteiger partial charge in [0.1, 0.15) is 5.75 Å². The van der Waals surface area contributed by atoms with E-state index < -0.39 is 0 Å². The van der Waals surface area contributed by atoms with Gasteiger partial charge in [0.2, 0.25) is 6.20 Å². The molecule has 0 spiro atoms. The van der Waals surface area contributed by atoms with Crippen molar-refractivity contribution in [1.29, 1.82) is 5.26 Å². The molecule has 22 heavy (non-hydrogen) atoms. The summed E-state index contributed by atoms with van der Waals surface area (Å²) in [5.74, 6) is 0.936. The van der Waals surface area contributed by atoms with Crippen LogP contribution in [0.3, 0.4) is 0 Å². The second-order valence-corrected chi connectivity index (χ2v) is 6.00. The third kappa shape index (κ3) is 2.39. The van der Waals surface area contributed by atoms with E-state index in [1.54, 1.807) is 13.3 Å². The number of aromatic hydroxyl groups is 1. The first kappa shape index (κ1) is 14.4. The van der Waals surface area contributed by atoms with Gasteiger partial charge in [-0.05, 0) is 37.1 Å². The quantitative estimate of drug-likeness (QED) is 0.866. The zero-order chi connectivity index (χ0) is 15.7. The van der Waals surface area contributed by atoms with Crippen LogP contribution in [0, 0.1) is 11.3 Å². The maximum absolute atomic E-state index is 10.4. The molecule has 0 aliphatic heterocycles. The Morgan fingerprint density at radius 1 is 1.36 bits per heavy atom. The van der Waals surface area contributed by atoms with Crippen LogP contribution >= 0.6 is 0 Å². The number of allylic oxidation sites excluding steroid dienone is 2. The monoisotopic (exact) mass is 295 g/mol. The fraction of sp³-hybridized carbons (Fsp3) is 0.333. The number of rotatable bonds is 2. The maximum atomic E-state index is 10.4. The summed E-state index contributed by atoms with van der Waals surface area (Å²) in [6.45, 7) is 2.10. The molecule has 0 amide bonds. The van der Waals surface area contributed by atoms with Gasteiger partial charge in [-0.2, -0.15) is 9.83 Å². The van der Waals surface area contributed by atoms with E-state index in [0.29, 0.717) is 0 Å². The van der Waals surface area contributed by atoms with Crippen LogP contribution in [0.2, 0.25) is 0 Å². The second kappa shape index (κ2) is 5.34. The highest BCUT2D eigenvalue weighted by Crippen LogP contribution is 2.31. The molecular weight excluding hydrogens is 276 g/mol. The summed E-state index contributed by atoms with van der Waals surface area (Å²) in [5, 5.41) is 21.2. The fourth-order valence-electron chi connectivity index (χ4n) is 3.13. The summed E-state index contributed by atoms with van der Waals surface area (Å²) in [6, 6.07) is 7.91. The molecule has 4 heteroatoms. The van der Waals surface area contributed by atoms with Gasteiger partial charge >= 0.3 is 0 Å². The molecule has 2 aromatic rings. The molecule has 1 aliphatic carbocycles. The Kier molecular flexibility index (Phi) is 3.50. The zero-order valence-electron chi connectivity index (χ0n) is 12.8. The smallest absolute Gasteiger partial charge is 0.212 e. The second-order valence-electron chi connectivity index (χ2n) is 6.00. The van der Waals surface area contributed by atoms with E-state index in [0.717, 1.165) is 41.4 Å². The summed E-state index contributed by atoms with van der Waals surface area (Å²) in [4.78, 5) is 0. The number of benzene rings is 1. The van der Waals surface area contributed by atoms with Crippen molar-refractivity contribution in [3.05, 3.63) is 42.2 Å².